The summed E-state index contributed by atoms with van der Waals surface area (Å²) in [6.45, 7) is 6.47. The molecule has 5 heteroatoms. The molecule has 27 heavy (non-hydrogen) atoms. The fourth-order valence-electron chi connectivity index (χ4n) is 3.24. The molecule has 0 aromatic heterocycles. The third-order valence-corrected chi connectivity index (χ3v) is 4.46. The molecule has 0 saturated carbocycles. The molecule has 1 aliphatic rings. The van der Waals surface area contributed by atoms with Gasteiger partial charge in [0.15, 0.2) is 0 Å². The Balaban J connectivity index is 1.66. The average molecular weight is 368 g/mol. The minimum atomic E-state index is -0.529. The SMILES string of the molecule is CC(C)(C)OC(=O)N1C[C@@H](N)C[C@H]1COc1cccc(-c2ccccc2)c1. The van der Waals surface area contributed by atoms with Gasteiger partial charge in [-0.15, -0.1) is 0 Å². The molecule has 0 aliphatic carbocycles. The summed E-state index contributed by atoms with van der Waals surface area (Å²) in [6, 6.07) is 18.0. The summed E-state index contributed by atoms with van der Waals surface area (Å²) < 4.78 is 11.5. The fraction of sp³-hybridized carbons (Fsp3) is 0.409. The molecular weight excluding hydrogens is 340 g/mol. The lowest BCUT2D eigenvalue weighted by Gasteiger charge is -2.28. The van der Waals surface area contributed by atoms with Gasteiger partial charge in [-0.3, -0.25) is 0 Å². The number of likely N-dealkylation sites (tertiary alicyclic amines) is 1. The van der Waals surface area contributed by atoms with E-state index < -0.39 is 5.60 Å². The van der Waals surface area contributed by atoms with Crippen molar-refractivity contribution < 1.29 is 14.3 Å². The molecule has 2 aromatic carbocycles. The smallest absolute Gasteiger partial charge is 0.410 e. The van der Waals surface area contributed by atoms with Crippen molar-refractivity contribution in [1.82, 2.24) is 4.90 Å². The van der Waals surface area contributed by atoms with Crippen LogP contribution in [0, 0.1) is 0 Å². The predicted octanol–water partition coefficient (Wildman–Crippen LogP) is 4.07. The Labute approximate surface area is 161 Å². The highest BCUT2D eigenvalue weighted by Gasteiger charge is 2.36. The highest BCUT2D eigenvalue weighted by Crippen LogP contribution is 2.25. The number of ether oxygens (including phenoxy) is 2. The minimum absolute atomic E-state index is 0.0539. The van der Waals surface area contributed by atoms with Crippen LogP contribution < -0.4 is 10.5 Å². The number of carbonyl (C=O) groups is 1. The van der Waals surface area contributed by atoms with Crippen molar-refractivity contribution in [2.24, 2.45) is 5.73 Å². The van der Waals surface area contributed by atoms with Crippen molar-refractivity contribution in [1.29, 1.82) is 0 Å². The Morgan fingerprint density at radius 2 is 1.81 bits per heavy atom. The summed E-state index contributed by atoms with van der Waals surface area (Å²) in [7, 11) is 0. The normalized spacial score (nSPS) is 19.8. The van der Waals surface area contributed by atoms with Crippen molar-refractivity contribution in [3.63, 3.8) is 0 Å². The van der Waals surface area contributed by atoms with E-state index in [-0.39, 0.29) is 18.2 Å². The first-order valence-electron chi connectivity index (χ1n) is 9.35. The van der Waals surface area contributed by atoms with Gasteiger partial charge in [-0.1, -0.05) is 42.5 Å². The van der Waals surface area contributed by atoms with E-state index in [1.54, 1.807) is 4.90 Å². The summed E-state index contributed by atoms with van der Waals surface area (Å²) in [5, 5.41) is 0. The van der Waals surface area contributed by atoms with Crippen molar-refractivity contribution in [2.45, 2.75) is 44.9 Å². The zero-order chi connectivity index (χ0) is 19.4. The van der Waals surface area contributed by atoms with Crippen molar-refractivity contribution in [3.05, 3.63) is 54.6 Å². The van der Waals surface area contributed by atoms with Gasteiger partial charge in [0.25, 0.3) is 0 Å². The quantitative estimate of drug-likeness (QED) is 0.883. The lowest BCUT2D eigenvalue weighted by Crippen LogP contribution is -2.42. The third kappa shape index (κ3) is 5.23. The van der Waals surface area contributed by atoms with Gasteiger partial charge in [0.1, 0.15) is 18.0 Å². The molecule has 2 atom stereocenters. The van der Waals surface area contributed by atoms with E-state index in [4.69, 9.17) is 15.2 Å². The van der Waals surface area contributed by atoms with Crippen LogP contribution in [-0.4, -0.2) is 41.8 Å². The lowest BCUT2D eigenvalue weighted by atomic mass is 10.1. The van der Waals surface area contributed by atoms with Gasteiger partial charge in [0, 0.05) is 12.6 Å². The van der Waals surface area contributed by atoms with E-state index in [1.165, 1.54) is 0 Å². The van der Waals surface area contributed by atoms with E-state index in [1.807, 2.05) is 57.2 Å². The summed E-state index contributed by atoms with van der Waals surface area (Å²) in [6.07, 6.45) is 0.375. The third-order valence-electron chi connectivity index (χ3n) is 4.46. The van der Waals surface area contributed by atoms with Gasteiger partial charge in [0.05, 0.1) is 6.04 Å². The molecule has 1 saturated heterocycles. The van der Waals surface area contributed by atoms with Crippen LogP contribution in [0.15, 0.2) is 54.6 Å². The molecule has 2 N–H and O–H groups in total. The second-order valence-corrected chi connectivity index (χ2v) is 7.99. The molecule has 1 fully saturated rings. The summed E-state index contributed by atoms with van der Waals surface area (Å²) in [5.74, 6) is 0.779. The van der Waals surface area contributed by atoms with Gasteiger partial charge in [-0.2, -0.15) is 0 Å². The van der Waals surface area contributed by atoms with Crippen LogP contribution in [0.3, 0.4) is 0 Å². The first kappa shape index (κ1) is 19.2. The van der Waals surface area contributed by atoms with E-state index in [2.05, 4.69) is 18.2 Å². The zero-order valence-corrected chi connectivity index (χ0v) is 16.2. The molecule has 144 valence electrons. The van der Waals surface area contributed by atoms with Crippen molar-refractivity contribution in [3.8, 4) is 16.9 Å². The summed E-state index contributed by atoms with van der Waals surface area (Å²) >= 11 is 0. The number of amides is 1. The Morgan fingerprint density at radius 1 is 1.11 bits per heavy atom. The maximum atomic E-state index is 12.5. The fourth-order valence-corrected chi connectivity index (χ4v) is 3.24. The highest BCUT2D eigenvalue weighted by atomic mass is 16.6. The van der Waals surface area contributed by atoms with E-state index in [9.17, 15) is 4.79 Å². The second kappa shape index (κ2) is 8.01. The van der Waals surface area contributed by atoms with E-state index in [0.717, 1.165) is 16.9 Å². The van der Waals surface area contributed by atoms with Gasteiger partial charge in [0.2, 0.25) is 0 Å². The first-order valence-corrected chi connectivity index (χ1v) is 9.35. The molecule has 2 aromatic rings. The standard InChI is InChI=1S/C22H28N2O3/c1-22(2,3)27-21(25)24-14-18(23)13-19(24)15-26-20-11-7-10-17(12-20)16-8-5-4-6-9-16/h4-12,18-19H,13-15,23H2,1-3H3/t18-,19-/m0/s1. The van der Waals surface area contributed by atoms with Crippen LogP contribution in [0.1, 0.15) is 27.2 Å². The molecular formula is C22H28N2O3. The Kier molecular flexibility index (Phi) is 5.71. The molecule has 5 nitrogen and oxygen atoms in total. The molecule has 3 rings (SSSR count). The van der Waals surface area contributed by atoms with Crippen LogP contribution >= 0.6 is 0 Å². The van der Waals surface area contributed by atoms with Gasteiger partial charge in [-0.25, -0.2) is 4.79 Å². The molecule has 1 amide bonds. The first-order chi connectivity index (χ1) is 12.8. The van der Waals surface area contributed by atoms with Gasteiger partial charge >= 0.3 is 6.09 Å². The number of rotatable bonds is 4. The molecule has 1 aliphatic heterocycles. The molecule has 1 heterocycles. The van der Waals surface area contributed by atoms with Crippen LogP contribution in [0.2, 0.25) is 0 Å². The molecule has 0 spiro atoms. The number of hydrogen-bond donors (Lipinski definition) is 1. The van der Waals surface area contributed by atoms with Crippen LogP contribution in [0.4, 0.5) is 4.79 Å². The monoisotopic (exact) mass is 368 g/mol. The largest absolute Gasteiger partial charge is 0.491 e. The van der Waals surface area contributed by atoms with Crippen LogP contribution in [-0.2, 0) is 4.74 Å². The number of benzene rings is 2. The summed E-state index contributed by atoms with van der Waals surface area (Å²) in [5.41, 5.74) is 7.79. The zero-order valence-electron chi connectivity index (χ0n) is 16.2. The van der Waals surface area contributed by atoms with Crippen molar-refractivity contribution in [2.75, 3.05) is 13.2 Å². The minimum Gasteiger partial charge on any atom is -0.491 e. The maximum Gasteiger partial charge on any atom is 0.410 e. The molecule has 0 unspecified atom stereocenters. The molecule has 0 bridgehead atoms. The topological polar surface area (TPSA) is 64.8 Å². The lowest BCUT2D eigenvalue weighted by molar-refractivity contribution is 0.0186. The van der Waals surface area contributed by atoms with Crippen LogP contribution in [0.5, 0.6) is 5.75 Å². The predicted molar refractivity (Wildman–Crippen MR) is 107 cm³/mol. The summed E-state index contributed by atoms with van der Waals surface area (Å²) in [4.78, 5) is 14.2. The molecule has 0 radical (unpaired) electrons. The van der Waals surface area contributed by atoms with Gasteiger partial charge < -0.3 is 20.1 Å². The Morgan fingerprint density at radius 3 is 2.52 bits per heavy atom. The van der Waals surface area contributed by atoms with Crippen LogP contribution in [0.25, 0.3) is 11.1 Å². The number of hydrogen-bond acceptors (Lipinski definition) is 4. The highest BCUT2D eigenvalue weighted by molar-refractivity contribution is 5.69. The maximum absolute atomic E-state index is 12.5. The second-order valence-electron chi connectivity index (χ2n) is 7.99. The average Bonchev–Trinajstić information content (AvgIpc) is 3.00. The Bertz CT molecular complexity index is 771. The number of nitrogens with zero attached hydrogens (tertiary/aromatic N) is 1. The Hall–Kier alpha value is -2.53. The van der Waals surface area contributed by atoms with Gasteiger partial charge in [-0.05, 0) is 50.5 Å². The number of nitrogens with two attached hydrogens (primary N) is 1. The van der Waals surface area contributed by atoms with Crippen molar-refractivity contribution >= 4 is 6.09 Å². The van der Waals surface area contributed by atoms with E-state index >= 15 is 0 Å². The number of carbonyl (C=O) groups excluding carboxylic acids is 1. The van der Waals surface area contributed by atoms with E-state index in [0.29, 0.717) is 19.6 Å².